The molecule has 0 radical (unpaired) electrons. The molecule has 0 aromatic heterocycles. The Balaban J connectivity index is 2.92. The maximum atomic E-state index is 9.02. The van der Waals surface area contributed by atoms with E-state index < -0.39 is 0 Å². The minimum Gasteiger partial charge on any atom is -0.493 e. The van der Waals surface area contributed by atoms with Gasteiger partial charge in [-0.2, -0.15) is 0 Å². The molecule has 1 aromatic rings. The SMILES string of the molecule is COCC(CCO)Nc1cc(OC)c(OC)cc1N. The highest BCUT2D eigenvalue weighted by Gasteiger charge is 2.13. The van der Waals surface area contributed by atoms with Gasteiger partial charge in [-0.3, -0.25) is 0 Å². The van der Waals surface area contributed by atoms with Gasteiger partial charge in [-0.1, -0.05) is 0 Å². The Kier molecular flexibility index (Phi) is 6.24. The fourth-order valence-electron chi connectivity index (χ4n) is 1.79. The van der Waals surface area contributed by atoms with Gasteiger partial charge in [0.15, 0.2) is 11.5 Å². The lowest BCUT2D eigenvalue weighted by atomic mass is 10.2. The smallest absolute Gasteiger partial charge is 0.162 e. The van der Waals surface area contributed by atoms with Gasteiger partial charge in [-0.15, -0.1) is 0 Å². The number of nitrogens with two attached hydrogens (primary N) is 1. The number of benzene rings is 1. The summed E-state index contributed by atoms with van der Waals surface area (Å²) < 4.78 is 15.5. The number of ether oxygens (including phenoxy) is 3. The quantitative estimate of drug-likeness (QED) is 0.613. The largest absolute Gasteiger partial charge is 0.493 e. The van der Waals surface area contributed by atoms with E-state index in [-0.39, 0.29) is 12.6 Å². The van der Waals surface area contributed by atoms with Crippen LogP contribution in [-0.4, -0.2) is 45.7 Å². The lowest BCUT2D eigenvalue weighted by molar-refractivity contribution is 0.170. The molecule has 6 heteroatoms. The molecule has 0 bridgehead atoms. The monoisotopic (exact) mass is 270 g/mol. The summed E-state index contributed by atoms with van der Waals surface area (Å²) in [4.78, 5) is 0. The molecule has 6 nitrogen and oxygen atoms in total. The first-order chi connectivity index (χ1) is 9.15. The molecule has 1 aromatic carbocycles. The van der Waals surface area contributed by atoms with Crippen LogP contribution in [0.1, 0.15) is 6.42 Å². The lowest BCUT2D eigenvalue weighted by Crippen LogP contribution is -2.26. The Morgan fingerprint density at radius 1 is 1.21 bits per heavy atom. The molecule has 0 saturated carbocycles. The zero-order chi connectivity index (χ0) is 14.3. The number of nitrogens with one attached hydrogen (secondary N) is 1. The highest BCUT2D eigenvalue weighted by molar-refractivity contribution is 5.72. The second-order valence-electron chi connectivity index (χ2n) is 4.10. The summed E-state index contributed by atoms with van der Waals surface area (Å²) in [5, 5.41) is 12.3. The molecule has 1 unspecified atom stereocenters. The zero-order valence-corrected chi connectivity index (χ0v) is 11.6. The number of aliphatic hydroxyl groups excluding tert-OH is 1. The standard InChI is InChI=1S/C13H22N2O4/c1-17-8-9(4-5-16)15-11-7-13(19-3)12(18-2)6-10(11)14/h6-7,9,15-16H,4-5,8,14H2,1-3H3. The van der Waals surface area contributed by atoms with E-state index >= 15 is 0 Å². The van der Waals surface area contributed by atoms with Crippen LogP contribution in [-0.2, 0) is 4.74 Å². The number of hydrogen-bond donors (Lipinski definition) is 3. The van der Waals surface area contributed by atoms with Crippen molar-refractivity contribution in [2.45, 2.75) is 12.5 Å². The molecule has 19 heavy (non-hydrogen) atoms. The predicted molar refractivity (Wildman–Crippen MR) is 74.9 cm³/mol. The number of nitrogen functional groups attached to an aromatic ring is 1. The summed E-state index contributed by atoms with van der Waals surface area (Å²) in [6, 6.07) is 3.45. The molecule has 1 rings (SSSR count). The fourth-order valence-corrected chi connectivity index (χ4v) is 1.79. The zero-order valence-electron chi connectivity index (χ0n) is 11.6. The van der Waals surface area contributed by atoms with E-state index in [1.165, 1.54) is 0 Å². The molecule has 0 fully saturated rings. The Bertz CT molecular complexity index is 392. The molecule has 0 amide bonds. The van der Waals surface area contributed by atoms with Crippen molar-refractivity contribution in [1.29, 1.82) is 0 Å². The van der Waals surface area contributed by atoms with Crippen LogP contribution in [0, 0.1) is 0 Å². The van der Waals surface area contributed by atoms with Crippen molar-refractivity contribution in [3.8, 4) is 11.5 Å². The van der Waals surface area contributed by atoms with Crippen LogP contribution in [0.3, 0.4) is 0 Å². The van der Waals surface area contributed by atoms with Gasteiger partial charge in [-0.25, -0.2) is 0 Å². The first kappa shape index (κ1) is 15.4. The Morgan fingerprint density at radius 3 is 2.37 bits per heavy atom. The topological polar surface area (TPSA) is 86.0 Å². The van der Waals surface area contributed by atoms with Gasteiger partial charge in [0.05, 0.1) is 38.2 Å². The average molecular weight is 270 g/mol. The van der Waals surface area contributed by atoms with Gasteiger partial charge >= 0.3 is 0 Å². The number of methoxy groups -OCH3 is 3. The normalized spacial score (nSPS) is 12.0. The summed E-state index contributed by atoms with van der Waals surface area (Å²) in [7, 11) is 4.74. The highest BCUT2D eigenvalue weighted by atomic mass is 16.5. The van der Waals surface area contributed by atoms with Gasteiger partial charge in [-0.05, 0) is 6.42 Å². The van der Waals surface area contributed by atoms with Crippen LogP contribution in [0.2, 0.25) is 0 Å². The maximum Gasteiger partial charge on any atom is 0.162 e. The molecule has 0 aliphatic carbocycles. The molecule has 108 valence electrons. The molecular weight excluding hydrogens is 248 g/mol. The number of hydrogen-bond acceptors (Lipinski definition) is 6. The van der Waals surface area contributed by atoms with Crippen molar-refractivity contribution >= 4 is 11.4 Å². The number of rotatable bonds is 8. The lowest BCUT2D eigenvalue weighted by Gasteiger charge is -2.20. The predicted octanol–water partition coefficient (Wildman–Crippen LogP) is 1.10. The van der Waals surface area contributed by atoms with Gasteiger partial charge in [0.2, 0.25) is 0 Å². The summed E-state index contributed by atoms with van der Waals surface area (Å²) in [5.41, 5.74) is 7.24. The molecule has 0 aliphatic heterocycles. The van der Waals surface area contributed by atoms with Crippen molar-refractivity contribution in [3.63, 3.8) is 0 Å². The number of aliphatic hydroxyl groups is 1. The van der Waals surface area contributed by atoms with Crippen molar-refractivity contribution in [2.75, 3.05) is 45.6 Å². The van der Waals surface area contributed by atoms with Crippen molar-refractivity contribution in [1.82, 2.24) is 0 Å². The molecule has 0 heterocycles. The first-order valence-electron chi connectivity index (χ1n) is 6.04. The Hall–Kier alpha value is -1.66. The average Bonchev–Trinajstić information content (AvgIpc) is 2.41. The van der Waals surface area contributed by atoms with Crippen LogP contribution in [0.15, 0.2) is 12.1 Å². The van der Waals surface area contributed by atoms with Crippen LogP contribution in [0.4, 0.5) is 11.4 Å². The third-order valence-electron chi connectivity index (χ3n) is 2.76. The van der Waals surface area contributed by atoms with E-state index in [4.69, 9.17) is 25.1 Å². The van der Waals surface area contributed by atoms with Crippen molar-refractivity contribution in [3.05, 3.63) is 12.1 Å². The minimum absolute atomic E-state index is 0.0181. The van der Waals surface area contributed by atoms with E-state index in [1.807, 2.05) is 0 Å². The van der Waals surface area contributed by atoms with E-state index in [0.29, 0.717) is 30.2 Å². The van der Waals surface area contributed by atoms with Gasteiger partial charge in [0.25, 0.3) is 0 Å². The third-order valence-corrected chi connectivity index (χ3v) is 2.76. The van der Waals surface area contributed by atoms with E-state index in [9.17, 15) is 0 Å². The van der Waals surface area contributed by atoms with Crippen molar-refractivity contribution < 1.29 is 19.3 Å². The first-order valence-corrected chi connectivity index (χ1v) is 6.04. The van der Waals surface area contributed by atoms with Crippen molar-refractivity contribution in [2.24, 2.45) is 0 Å². The molecule has 0 aliphatic rings. The van der Waals surface area contributed by atoms with E-state index in [2.05, 4.69) is 5.32 Å². The van der Waals surface area contributed by atoms with Crippen LogP contribution in [0.5, 0.6) is 11.5 Å². The van der Waals surface area contributed by atoms with Gasteiger partial charge < -0.3 is 30.4 Å². The summed E-state index contributed by atoms with van der Waals surface area (Å²) in [6.45, 7) is 0.558. The molecule has 0 spiro atoms. The maximum absolute atomic E-state index is 9.02. The van der Waals surface area contributed by atoms with E-state index in [1.54, 1.807) is 33.5 Å². The van der Waals surface area contributed by atoms with Crippen LogP contribution < -0.4 is 20.5 Å². The number of anilines is 2. The highest BCUT2D eigenvalue weighted by Crippen LogP contribution is 2.35. The van der Waals surface area contributed by atoms with Crippen LogP contribution in [0.25, 0.3) is 0 Å². The second-order valence-corrected chi connectivity index (χ2v) is 4.10. The molecule has 1 atom stereocenters. The molecular formula is C13H22N2O4. The summed E-state index contributed by atoms with van der Waals surface area (Å²) in [5.74, 6) is 1.18. The fraction of sp³-hybridized carbons (Fsp3) is 0.538. The molecule has 0 saturated heterocycles. The summed E-state index contributed by atoms with van der Waals surface area (Å²) >= 11 is 0. The van der Waals surface area contributed by atoms with Gasteiger partial charge in [0, 0.05) is 25.8 Å². The third kappa shape index (κ3) is 4.18. The minimum atomic E-state index is -0.0181. The second kappa shape index (κ2) is 7.70. The Labute approximate surface area is 113 Å². The molecule has 4 N–H and O–H groups in total. The van der Waals surface area contributed by atoms with E-state index in [0.717, 1.165) is 5.69 Å². The Morgan fingerprint density at radius 2 is 1.84 bits per heavy atom. The van der Waals surface area contributed by atoms with Gasteiger partial charge in [0.1, 0.15) is 0 Å². The summed E-state index contributed by atoms with van der Waals surface area (Å²) in [6.07, 6.45) is 0.571. The van der Waals surface area contributed by atoms with Crippen LogP contribution >= 0.6 is 0 Å².